The Balaban J connectivity index is 1.88. The van der Waals surface area contributed by atoms with Gasteiger partial charge in [-0.3, -0.25) is 0 Å². The van der Waals surface area contributed by atoms with Crippen LogP contribution in [0.2, 0.25) is 0 Å². The zero-order valence-electron chi connectivity index (χ0n) is 10.6. The summed E-state index contributed by atoms with van der Waals surface area (Å²) in [6.07, 6.45) is 4.41. The molecular weight excluding hydrogens is 230 g/mol. The van der Waals surface area contributed by atoms with Crippen molar-refractivity contribution in [2.24, 2.45) is 5.92 Å². The van der Waals surface area contributed by atoms with E-state index in [1.165, 1.54) is 12.8 Å². The lowest BCUT2D eigenvalue weighted by Crippen LogP contribution is -2.23. The molecule has 0 amide bonds. The van der Waals surface area contributed by atoms with Crippen molar-refractivity contribution in [1.29, 1.82) is 0 Å². The first-order valence-electron chi connectivity index (χ1n) is 6.70. The molecule has 0 radical (unpaired) electrons. The molecule has 2 heterocycles. The van der Waals surface area contributed by atoms with Crippen LogP contribution in [-0.4, -0.2) is 26.7 Å². The van der Waals surface area contributed by atoms with Crippen LogP contribution in [-0.2, 0) is 19.5 Å². The van der Waals surface area contributed by atoms with Gasteiger partial charge in [-0.2, -0.15) is 0 Å². The molecular formula is C13H19N3O2. The maximum Gasteiger partial charge on any atom is 0.356 e. The fraction of sp³-hybridized carbons (Fsp3) is 0.692. The van der Waals surface area contributed by atoms with Gasteiger partial charge in [-0.1, -0.05) is 6.92 Å². The second-order valence-electron chi connectivity index (χ2n) is 5.53. The molecule has 0 spiro atoms. The predicted molar refractivity (Wildman–Crippen MR) is 66.5 cm³/mol. The Bertz CT molecular complexity index is 477. The molecule has 1 aromatic rings. The smallest absolute Gasteiger partial charge is 0.356 e. The lowest BCUT2D eigenvalue weighted by atomic mass is 9.97. The minimum atomic E-state index is -0.898. The van der Waals surface area contributed by atoms with Crippen molar-refractivity contribution >= 4 is 5.97 Å². The zero-order chi connectivity index (χ0) is 12.7. The third-order valence-corrected chi connectivity index (χ3v) is 3.87. The number of nitrogens with zero attached hydrogens (tertiary/aromatic N) is 2. The second-order valence-corrected chi connectivity index (χ2v) is 5.53. The number of carboxylic acids is 1. The number of fused-ring (bicyclic) bond motifs is 1. The van der Waals surface area contributed by atoms with Crippen LogP contribution >= 0.6 is 0 Å². The minimum absolute atomic E-state index is 0.258. The Morgan fingerprint density at radius 3 is 2.94 bits per heavy atom. The average Bonchev–Trinajstić information content (AvgIpc) is 3.08. The lowest BCUT2D eigenvalue weighted by Gasteiger charge is -2.22. The molecule has 3 rings (SSSR count). The van der Waals surface area contributed by atoms with Crippen LogP contribution in [0.3, 0.4) is 0 Å². The van der Waals surface area contributed by atoms with Gasteiger partial charge in [0.15, 0.2) is 5.69 Å². The van der Waals surface area contributed by atoms with E-state index in [4.69, 9.17) is 0 Å². The molecule has 18 heavy (non-hydrogen) atoms. The molecule has 2 N–H and O–H groups in total. The highest BCUT2D eigenvalue weighted by Crippen LogP contribution is 2.25. The van der Waals surface area contributed by atoms with Gasteiger partial charge in [0, 0.05) is 12.6 Å². The largest absolute Gasteiger partial charge is 0.476 e. The van der Waals surface area contributed by atoms with Gasteiger partial charge in [-0.25, -0.2) is 9.78 Å². The van der Waals surface area contributed by atoms with E-state index in [9.17, 15) is 9.90 Å². The number of rotatable bonds is 4. The van der Waals surface area contributed by atoms with Gasteiger partial charge in [0.1, 0.15) is 5.82 Å². The summed E-state index contributed by atoms with van der Waals surface area (Å²) in [6.45, 7) is 3.77. The van der Waals surface area contributed by atoms with E-state index in [-0.39, 0.29) is 5.69 Å². The van der Waals surface area contributed by atoms with Crippen molar-refractivity contribution in [3.8, 4) is 0 Å². The Morgan fingerprint density at radius 1 is 1.50 bits per heavy atom. The van der Waals surface area contributed by atoms with Gasteiger partial charge < -0.3 is 15.0 Å². The third kappa shape index (κ3) is 2.14. The van der Waals surface area contributed by atoms with E-state index in [1.54, 1.807) is 0 Å². The third-order valence-electron chi connectivity index (χ3n) is 3.87. The van der Waals surface area contributed by atoms with Gasteiger partial charge in [0.25, 0.3) is 0 Å². The topological polar surface area (TPSA) is 67.2 Å². The molecule has 1 aromatic heterocycles. The van der Waals surface area contributed by atoms with E-state index in [1.807, 2.05) is 0 Å². The van der Waals surface area contributed by atoms with E-state index in [0.717, 1.165) is 30.9 Å². The average molecular weight is 249 g/mol. The molecule has 1 saturated carbocycles. The van der Waals surface area contributed by atoms with E-state index >= 15 is 0 Å². The summed E-state index contributed by atoms with van der Waals surface area (Å²) >= 11 is 0. The number of hydrogen-bond acceptors (Lipinski definition) is 3. The second kappa shape index (κ2) is 4.39. The molecule has 0 bridgehead atoms. The maximum atomic E-state index is 11.2. The number of imidazole rings is 1. The first-order valence-corrected chi connectivity index (χ1v) is 6.70. The van der Waals surface area contributed by atoms with Crippen molar-refractivity contribution in [2.45, 2.75) is 51.7 Å². The molecule has 5 heteroatoms. The van der Waals surface area contributed by atoms with Gasteiger partial charge >= 0.3 is 5.97 Å². The number of nitrogens with one attached hydrogen (secondary N) is 1. The molecule has 1 unspecified atom stereocenters. The summed E-state index contributed by atoms with van der Waals surface area (Å²) in [5.41, 5.74) is 1.17. The van der Waals surface area contributed by atoms with Gasteiger partial charge in [0.2, 0.25) is 0 Å². The summed E-state index contributed by atoms with van der Waals surface area (Å²) in [7, 11) is 0. The predicted octanol–water partition coefficient (Wildman–Crippen LogP) is 1.42. The summed E-state index contributed by atoms with van der Waals surface area (Å²) in [6, 6.07) is 0.619. The monoisotopic (exact) mass is 249 g/mol. The first-order chi connectivity index (χ1) is 8.65. The highest BCUT2D eigenvalue weighted by Gasteiger charge is 2.27. The summed E-state index contributed by atoms with van der Waals surface area (Å²) < 4.78 is 2.11. The number of carbonyl (C=O) groups is 1. The lowest BCUT2D eigenvalue weighted by molar-refractivity contribution is 0.0689. The quantitative estimate of drug-likeness (QED) is 0.846. The van der Waals surface area contributed by atoms with Crippen LogP contribution < -0.4 is 5.32 Å². The Hall–Kier alpha value is -1.36. The van der Waals surface area contributed by atoms with Crippen molar-refractivity contribution in [3.05, 3.63) is 17.2 Å². The zero-order valence-corrected chi connectivity index (χ0v) is 10.6. The van der Waals surface area contributed by atoms with Crippen molar-refractivity contribution < 1.29 is 9.90 Å². The molecule has 0 saturated heterocycles. The molecule has 1 fully saturated rings. The first kappa shape index (κ1) is 11.7. The molecule has 5 nitrogen and oxygen atoms in total. The minimum Gasteiger partial charge on any atom is -0.476 e. The summed E-state index contributed by atoms with van der Waals surface area (Å²) in [5.74, 6) is 0.545. The fourth-order valence-electron chi connectivity index (χ4n) is 2.62. The highest BCUT2D eigenvalue weighted by atomic mass is 16.4. The highest BCUT2D eigenvalue weighted by molar-refractivity contribution is 5.87. The maximum absolute atomic E-state index is 11.2. The normalized spacial score (nSPS) is 22.8. The number of aromatic carboxylic acids is 1. The fourth-order valence-corrected chi connectivity index (χ4v) is 2.62. The van der Waals surface area contributed by atoms with Crippen molar-refractivity contribution in [2.75, 3.05) is 0 Å². The van der Waals surface area contributed by atoms with E-state index in [0.29, 0.717) is 18.5 Å². The van der Waals surface area contributed by atoms with Gasteiger partial charge in [0.05, 0.1) is 12.2 Å². The molecule has 2 aliphatic rings. The van der Waals surface area contributed by atoms with Crippen LogP contribution in [0, 0.1) is 5.92 Å². The summed E-state index contributed by atoms with van der Waals surface area (Å²) in [4.78, 5) is 15.6. The molecule has 98 valence electrons. The van der Waals surface area contributed by atoms with Crippen LogP contribution in [0.25, 0.3) is 0 Å². The van der Waals surface area contributed by atoms with Crippen LogP contribution in [0.1, 0.15) is 48.2 Å². The number of carboxylic acid groups (broad SMARTS) is 1. The van der Waals surface area contributed by atoms with Crippen LogP contribution in [0.4, 0.5) is 0 Å². The van der Waals surface area contributed by atoms with Crippen molar-refractivity contribution in [1.82, 2.24) is 14.9 Å². The van der Waals surface area contributed by atoms with Gasteiger partial charge in [-0.05, 0) is 31.6 Å². The SMILES string of the molecule is CC1CCn2c(CNC3CC3)nc(C(=O)O)c2C1. The van der Waals surface area contributed by atoms with E-state index < -0.39 is 5.97 Å². The Labute approximate surface area is 106 Å². The Morgan fingerprint density at radius 2 is 2.28 bits per heavy atom. The number of hydrogen-bond donors (Lipinski definition) is 2. The summed E-state index contributed by atoms with van der Waals surface area (Å²) in [5, 5.41) is 12.6. The molecule has 1 aliphatic heterocycles. The molecule has 1 atom stereocenters. The standard InChI is InChI=1S/C13H19N3O2/c1-8-4-5-16-10(6-8)12(13(17)18)15-11(16)7-14-9-2-3-9/h8-9,14H,2-7H2,1H3,(H,17,18). The van der Waals surface area contributed by atoms with Crippen LogP contribution in [0.5, 0.6) is 0 Å². The molecule has 1 aliphatic carbocycles. The van der Waals surface area contributed by atoms with Crippen LogP contribution in [0.15, 0.2) is 0 Å². The Kier molecular flexibility index (Phi) is 2.86. The number of aromatic nitrogens is 2. The van der Waals surface area contributed by atoms with E-state index in [2.05, 4.69) is 21.8 Å². The van der Waals surface area contributed by atoms with Crippen molar-refractivity contribution in [3.63, 3.8) is 0 Å². The van der Waals surface area contributed by atoms with Gasteiger partial charge in [-0.15, -0.1) is 0 Å². The molecule has 0 aromatic carbocycles.